The van der Waals surface area contributed by atoms with Crippen LogP contribution < -0.4 is 0 Å². The highest BCUT2D eigenvalue weighted by Crippen LogP contribution is 2.65. The van der Waals surface area contributed by atoms with Crippen LogP contribution in [-0.4, -0.2) is 11.5 Å². The zero-order valence-electron chi connectivity index (χ0n) is 20.3. The van der Waals surface area contributed by atoms with Crippen molar-refractivity contribution >= 4 is 93.2 Å². The van der Waals surface area contributed by atoms with Gasteiger partial charge in [-0.1, -0.05) is 125 Å². The van der Waals surface area contributed by atoms with Crippen LogP contribution in [0.25, 0.3) is 0 Å². The van der Waals surface area contributed by atoms with E-state index in [4.69, 9.17) is 0 Å². The SMILES string of the molecule is CCCCCCCCSc1cc2c(s1)S/C(=C1/Sc3cc(SCCCCCCCC)sc3S1)S2. The van der Waals surface area contributed by atoms with Gasteiger partial charge in [-0.15, -0.1) is 46.2 Å². The number of thioether (sulfide) groups is 6. The van der Waals surface area contributed by atoms with Gasteiger partial charge in [0.1, 0.15) is 0 Å². The second-order valence-corrected chi connectivity index (χ2v) is 18.7. The summed E-state index contributed by atoms with van der Waals surface area (Å²) in [5.74, 6) is 2.56. The summed E-state index contributed by atoms with van der Waals surface area (Å²) >= 11 is 16.2. The van der Waals surface area contributed by atoms with Crippen molar-refractivity contribution < 1.29 is 0 Å². The summed E-state index contributed by atoms with van der Waals surface area (Å²) in [6, 6.07) is 4.90. The minimum atomic E-state index is 1.28. The fourth-order valence-electron chi connectivity index (χ4n) is 3.79. The molecule has 188 valence electrons. The van der Waals surface area contributed by atoms with E-state index in [2.05, 4.69) is 49.5 Å². The molecule has 0 aliphatic carbocycles. The molecule has 0 N–H and O–H groups in total. The lowest BCUT2D eigenvalue weighted by atomic mass is 10.1. The molecular formula is C26H36S8. The maximum absolute atomic E-state index is 2.45. The van der Waals surface area contributed by atoms with Gasteiger partial charge in [0.25, 0.3) is 0 Å². The number of hydrogen-bond acceptors (Lipinski definition) is 8. The zero-order chi connectivity index (χ0) is 23.6. The van der Waals surface area contributed by atoms with Crippen LogP contribution in [-0.2, 0) is 0 Å². The van der Waals surface area contributed by atoms with E-state index in [0.29, 0.717) is 0 Å². The molecule has 0 radical (unpaired) electrons. The Labute approximate surface area is 240 Å². The molecule has 0 aromatic carbocycles. The van der Waals surface area contributed by atoms with Gasteiger partial charge in [0, 0.05) is 9.79 Å². The maximum Gasteiger partial charge on any atom is 0.0804 e. The number of unbranched alkanes of at least 4 members (excludes halogenated alkanes) is 10. The number of fused-ring (bicyclic) bond motifs is 2. The molecule has 2 aliphatic rings. The lowest BCUT2D eigenvalue weighted by molar-refractivity contribution is 0.627. The fraction of sp³-hybridized carbons (Fsp3) is 0.615. The van der Waals surface area contributed by atoms with Crippen LogP contribution in [0.1, 0.15) is 90.9 Å². The van der Waals surface area contributed by atoms with Crippen molar-refractivity contribution in [3.05, 3.63) is 20.6 Å². The number of hydrogen-bond donors (Lipinski definition) is 0. The molecule has 0 saturated carbocycles. The van der Waals surface area contributed by atoms with Crippen molar-refractivity contribution in [1.29, 1.82) is 0 Å². The molecule has 0 bridgehead atoms. The van der Waals surface area contributed by atoms with Crippen LogP contribution in [0.15, 0.2) is 47.2 Å². The zero-order valence-corrected chi connectivity index (χ0v) is 26.9. The summed E-state index contributed by atoms with van der Waals surface area (Å²) in [4.78, 5) is 2.99. The fourth-order valence-corrected chi connectivity index (χ4v) is 15.4. The first-order valence-electron chi connectivity index (χ1n) is 12.8. The molecule has 0 amide bonds. The standard InChI is InChI=1S/C26H36S8/c1-3-5-7-9-11-13-15-27-21-17-19-23(31-21)33-25(29-19)26-30-20-18-22(32-24(20)34-26)28-16-14-12-10-8-6-4-2/h17-18H,3-16H2,1-2H3/b26-25-. The molecule has 4 heterocycles. The van der Waals surface area contributed by atoms with Crippen molar-refractivity contribution in [2.45, 2.75) is 118 Å². The van der Waals surface area contributed by atoms with Crippen LogP contribution in [0.4, 0.5) is 0 Å². The molecule has 2 aromatic rings. The van der Waals surface area contributed by atoms with E-state index in [9.17, 15) is 0 Å². The molecule has 2 aromatic heterocycles. The molecule has 0 nitrogen and oxygen atoms in total. The van der Waals surface area contributed by atoms with Crippen molar-refractivity contribution in [3.8, 4) is 0 Å². The Bertz CT molecular complexity index is 800. The first-order valence-corrected chi connectivity index (χ1v) is 19.6. The van der Waals surface area contributed by atoms with E-state index in [-0.39, 0.29) is 0 Å². The molecule has 0 saturated heterocycles. The summed E-state index contributed by atoms with van der Waals surface area (Å²) in [6.07, 6.45) is 16.7. The van der Waals surface area contributed by atoms with Crippen molar-refractivity contribution in [3.63, 3.8) is 0 Å². The van der Waals surface area contributed by atoms with Gasteiger partial charge in [-0.25, -0.2) is 0 Å². The van der Waals surface area contributed by atoms with Crippen molar-refractivity contribution in [2.24, 2.45) is 0 Å². The average Bonchev–Trinajstić information content (AvgIpc) is 3.57. The second-order valence-electron chi connectivity index (χ2n) is 8.65. The molecule has 0 fully saturated rings. The van der Waals surface area contributed by atoms with Crippen LogP contribution in [0.3, 0.4) is 0 Å². The summed E-state index contributed by atoms with van der Waals surface area (Å²) in [5.41, 5.74) is 0. The van der Waals surface area contributed by atoms with E-state index in [1.54, 1.807) is 0 Å². The molecule has 0 spiro atoms. The highest BCUT2D eigenvalue weighted by atomic mass is 32.2. The van der Waals surface area contributed by atoms with Crippen LogP contribution >= 0.6 is 93.2 Å². The highest BCUT2D eigenvalue weighted by Gasteiger charge is 2.30. The minimum Gasteiger partial charge on any atom is -0.121 e. The molecule has 34 heavy (non-hydrogen) atoms. The van der Waals surface area contributed by atoms with E-state index in [0.717, 1.165) is 0 Å². The third kappa shape index (κ3) is 8.64. The molecule has 0 atom stereocenters. The average molecular weight is 605 g/mol. The second kappa shape index (κ2) is 15.6. The number of rotatable bonds is 16. The van der Waals surface area contributed by atoms with Crippen LogP contribution in [0.2, 0.25) is 0 Å². The van der Waals surface area contributed by atoms with Gasteiger partial charge in [0.2, 0.25) is 0 Å². The Morgan fingerprint density at radius 2 is 0.941 bits per heavy atom. The summed E-state index contributed by atoms with van der Waals surface area (Å²) in [7, 11) is 0. The predicted molar refractivity (Wildman–Crippen MR) is 167 cm³/mol. The van der Waals surface area contributed by atoms with Crippen LogP contribution in [0.5, 0.6) is 0 Å². The molecule has 8 heteroatoms. The third-order valence-electron chi connectivity index (χ3n) is 5.71. The Morgan fingerprint density at radius 1 is 0.529 bits per heavy atom. The topological polar surface area (TPSA) is 0 Å². The predicted octanol–water partition coefficient (Wildman–Crippen LogP) is 12.9. The Kier molecular flexibility index (Phi) is 13.0. The molecule has 0 unspecified atom stereocenters. The molecule has 4 rings (SSSR count). The minimum absolute atomic E-state index is 1.28. The number of thiophene rings is 2. The first-order chi connectivity index (χ1) is 16.8. The van der Waals surface area contributed by atoms with Gasteiger partial charge in [-0.05, 0) is 36.5 Å². The van der Waals surface area contributed by atoms with E-state index in [1.165, 1.54) is 124 Å². The van der Waals surface area contributed by atoms with Gasteiger partial charge in [0.15, 0.2) is 0 Å². The first kappa shape index (κ1) is 28.3. The highest BCUT2D eigenvalue weighted by molar-refractivity contribution is 8.31. The van der Waals surface area contributed by atoms with Crippen molar-refractivity contribution in [2.75, 3.05) is 11.5 Å². The lowest BCUT2D eigenvalue weighted by Gasteiger charge is -2.02. The maximum atomic E-state index is 2.45. The van der Waals surface area contributed by atoms with Crippen LogP contribution in [0, 0.1) is 0 Å². The van der Waals surface area contributed by atoms with Gasteiger partial charge in [0.05, 0.1) is 25.3 Å². The molecule has 2 aliphatic heterocycles. The van der Waals surface area contributed by atoms with Gasteiger partial charge in [-0.3, -0.25) is 0 Å². The normalized spacial score (nSPS) is 17.0. The Balaban J connectivity index is 1.16. The summed E-state index contributed by atoms with van der Waals surface area (Å²) in [6.45, 7) is 4.58. The van der Waals surface area contributed by atoms with E-state index in [1.807, 2.05) is 69.7 Å². The van der Waals surface area contributed by atoms with E-state index >= 15 is 0 Å². The lowest BCUT2D eigenvalue weighted by Crippen LogP contribution is -1.81. The van der Waals surface area contributed by atoms with Gasteiger partial charge in [-0.2, -0.15) is 0 Å². The summed E-state index contributed by atoms with van der Waals surface area (Å²) < 4.78 is 9.08. The monoisotopic (exact) mass is 604 g/mol. The van der Waals surface area contributed by atoms with E-state index < -0.39 is 0 Å². The summed E-state index contributed by atoms with van der Waals surface area (Å²) in [5, 5.41) is 0. The Morgan fingerprint density at radius 3 is 1.35 bits per heavy atom. The Hall–Kier alpha value is 1.24. The van der Waals surface area contributed by atoms with Gasteiger partial charge >= 0.3 is 0 Å². The van der Waals surface area contributed by atoms with Crippen molar-refractivity contribution in [1.82, 2.24) is 0 Å². The molecular weight excluding hydrogens is 569 g/mol. The van der Waals surface area contributed by atoms with Gasteiger partial charge < -0.3 is 0 Å². The smallest absolute Gasteiger partial charge is 0.0804 e. The quantitative estimate of drug-likeness (QED) is 0.137. The largest absolute Gasteiger partial charge is 0.121 e. The third-order valence-corrected chi connectivity index (χ3v) is 16.6.